The molecule has 1 aromatic heterocycles. The van der Waals surface area contributed by atoms with Crippen molar-refractivity contribution < 1.29 is 14.2 Å². The summed E-state index contributed by atoms with van der Waals surface area (Å²) in [5, 5.41) is 8.63. The predicted molar refractivity (Wildman–Crippen MR) is 91.8 cm³/mol. The van der Waals surface area contributed by atoms with Gasteiger partial charge in [-0.15, -0.1) is 10.2 Å². The normalized spacial score (nSPS) is 27.1. The van der Waals surface area contributed by atoms with Crippen LogP contribution in [0.15, 0.2) is 30.3 Å². The highest BCUT2D eigenvalue weighted by molar-refractivity contribution is 5.64. The number of hydrogen-bond donors (Lipinski definition) is 0. The van der Waals surface area contributed by atoms with Crippen LogP contribution in [0.5, 0.6) is 17.4 Å². The zero-order valence-corrected chi connectivity index (χ0v) is 14.1. The van der Waals surface area contributed by atoms with Crippen molar-refractivity contribution in [3.63, 3.8) is 0 Å². The van der Waals surface area contributed by atoms with Gasteiger partial charge in [-0.25, -0.2) is 0 Å². The van der Waals surface area contributed by atoms with Crippen molar-refractivity contribution in [3.8, 4) is 28.6 Å². The molecular weight excluding hydrogens is 318 g/mol. The molecule has 0 saturated carbocycles. The topological polar surface area (TPSA) is 56.7 Å². The maximum absolute atomic E-state index is 6.16. The molecule has 0 radical (unpaired) electrons. The molecule has 3 aliphatic rings. The van der Waals surface area contributed by atoms with E-state index in [1.54, 1.807) is 0 Å². The number of aromatic nitrogens is 2. The summed E-state index contributed by atoms with van der Waals surface area (Å²) in [6.07, 6.45) is 3.88. The molecule has 2 saturated heterocycles. The molecule has 25 heavy (non-hydrogen) atoms. The fraction of sp³-hybridized carbons (Fsp3) is 0.474. The van der Waals surface area contributed by atoms with Gasteiger partial charge in [0.15, 0.2) is 11.5 Å². The lowest BCUT2D eigenvalue weighted by atomic mass is 9.87. The van der Waals surface area contributed by atoms with Crippen molar-refractivity contribution in [2.75, 3.05) is 26.4 Å². The van der Waals surface area contributed by atoms with Crippen LogP contribution >= 0.6 is 0 Å². The van der Waals surface area contributed by atoms with Crippen LogP contribution in [0.2, 0.25) is 0 Å². The van der Waals surface area contributed by atoms with Crippen molar-refractivity contribution in [2.45, 2.75) is 25.4 Å². The number of fused-ring (bicyclic) bond motifs is 3. The number of nitrogens with zero attached hydrogens (tertiary/aromatic N) is 3. The van der Waals surface area contributed by atoms with Gasteiger partial charge in [-0.1, -0.05) is 0 Å². The molecule has 2 aromatic rings. The first-order valence-corrected chi connectivity index (χ1v) is 8.98. The number of rotatable bonds is 3. The zero-order chi connectivity index (χ0) is 16.6. The average molecular weight is 339 g/mol. The average Bonchev–Trinajstić information content (AvgIpc) is 3.13. The second kappa shape index (κ2) is 6.19. The van der Waals surface area contributed by atoms with Crippen LogP contribution in [0.4, 0.5) is 0 Å². The summed E-state index contributed by atoms with van der Waals surface area (Å²) in [6, 6.07) is 9.68. The van der Waals surface area contributed by atoms with Crippen molar-refractivity contribution in [3.05, 3.63) is 30.3 Å². The van der Waals surface area contributed by atoms with Crippen LogP contribution in [-0.4, -0.2) is 47.6 Å². The van der Waals surface area contributed by atoms with Crippen LogP contribution in [0.25, 0.3) is 11.3 Å². The molecule has 3 aliphatic heterocycles. The van der Waals surface area contributed by atoms with E-state index in [1.807, 2.05) is 30.3 Å². The molecule has 2 fully saturated rings. The third-order valence-electron chi connectivity index (χ3n) is 5.38. The van der Waals surface area contributed by atoms with E-state index in [1.165, 1.54) is 19.4 Å². The maximum Gasteiger partial charge on any atom is 0.233 e. The number of benzene rings is 1. The van der Waals surface area contributed by atoms with E-state index < -0.39 is 0 Å². The minimum absolute atomic E-state index is 0.266. The molecule has 0 spiro atoms. The lowest BCUT2D eigenvalue weighted by Crippen LogP contribution is -2.49. The molecule has 3 atom stereocenters. The van der Waals surface area contributed by atoms with E-state index >= 15 is 0 Å². The van der Waals surface area contributed by atoms with Crippen LogP contribution < -0.4 is 14.2 Å². The van der Waals surface area contributed by atoms with Crippen molar-refractivity contribution >= 4 is 0 Å². The molecule has 0 N–H and O–H groups in total. The molecule has 5 rings (SSSR count). The Morgan fingerprint density at radius 2 is 1.96 bits per heavy atom. The SMILES string of the molecule is c1cc2c(cc1-c1ccc(OC3CCN4CCCC3C4)nn1)OCO2. The standard InChI is InChI=1S/C19H21N3O3/c1-2-14-11-22(8-1)9-7-16(14)25-19-6-4-15(20-21-19)13-3-5-17-18(10-13)24-12-23-17/h3-6,10,14,16H,1-2,7-9,11-12H2. The van der Waals surface area contributed by atoms with Crippen molar-refractivity contribution in [1.82, 2.24) is 15.1 Å². The molecular formula is C19H21N3O3. The van der Waals surface area contributed by atoms with Crippen LogP contribution in [-0.2, 0) is 0 Å². The summed E-state index contributed by atoms with van der Waals surface area (Å²) in [5.41, 5.74) is 1.77. The highest BCUT2D eigenvalue weighted by Gasteiger charge is 2.33. The van der Waals surface area contributed by atoms with E-state index in [2.05, 4.69) is 15.1 Å². The fourth-order valence-electron chi connectivity index (χ4n) is 4.05. The molecule has 1 aromatic carbocycles. The van der Waals surface area contributed by atoms with Gasteiger partial charge < -0.3 is 19.1 Å². The second-order valence-electron chi connectivity index (χ2n) is 6.97. The maximum atomic E-state index is 6.16. The van der Waals surface area contributed by atoms with E-state index in [4.69, 9.17) is 14.2 Å². The second-order valence-corrected chi connectivity index (χ2v) is 6.97. The minimum Gasteiger partial charge on any atom is -0.473 e. The summed E-state index contributed by atoms with van der Waals surface area (Å²) in [4.78, 5) is 2.54. The van der Waals surface area contributed by atoms with Crippen LogP contribution in [0, 0.1) is 5.92 Å². The Labute approximate surface area is 146 Å². The number of ether oxygens (including phenoxy) is 3. The van der Waals surface area contributed by atoms with Gasteiger partial charge in [-0.05, 0) is 50.1 Å². The zero-order valence-electron chi connectivity index (χ0n) is 14.1. The van der Waals surface area contributed by atoms with Gasteiger partial charge >= 0.3 is 0 Å². The Kier molecular flexibility index (Phi) is 3.70. The van der Waals surface area contributed by atoms with Gasteiger partial charge in [0.1, 0.15) is 6.10 Å². The molecule has 130 valence electrons. The smallest absolute Gasteiger partial charge is 0.233 e. The molecule has 0 amide bonds. The lowest BCUT2D eigenvalue weighted by molar-refractivity contribution is 0.0123. The Balaban J connectivity index is 1.30. The molecule has 4 heterocycles. The third-order valence-corrected chi connectivity index (χ3v) is 5.38. The van der Waals surface area contributed by atoms with Gasteiger partial charge in [0.25, 0.3) is 0 Å². The first-order chi connectivity index (χ1) is 12.3. The van der Waals surface area contributed by atoms with Gasteiger partial charge in [0, 0.05) is 30.6 Å². The predicted octanol–water partition coefficient (Wildman–Crippen LogP) is 2.74. The van der Waals surface area contributed by atoms with Gasteiger partial charge in [0.2, 0.25) is 12.7 Å². The Bertz CT molecular complexity index is 765. The van der Waals surface area contributed by atoms with Gasteiger partial charge in [-0.3, -0.25) is 0 Å². The molecule has 2 bridgehead atoms. The lowest BCUT2D eigenvalue weighted by Gasteiger charge is -2.42. The fourth-order valence-corrected chi connectivity index (χ4v) is 4.05. The van der Waals surface area contributed by atoms with Crippen LogP contribution in [0.1, 0.15) is 19.3 Å². The van der Waals surface area contributed by atoms with E-state index in [0.717, 1.165) is 42.3 Å². The molecule has 6 heteroatoms. The molecule has 6 nitrogen and oxygen atoms in total. The summed E-state index contributed by atoms with van der Waals surface area (Å²) in [6.45, 7) is 3.81. The van der Waals surface area contributed by atoms with E-state index in [0.29, 0.717) is 11.8 Å². The largest absolute Gasteiger partial charge is 0.473 e. The van der Waals surface area contributed by atoms with Gasteiger partial charge in [0.05, 0.1) is 5.69 Å². The summed E-state index contributed by atoms with van der Waals surface area (Å²) >= 11 is 0. The van der Waals surface area contributed by atoms with E-state index in [9.17, 15) is 0 Å². The summed E-state index contributed by atoms with van der Waals surface area (Å²) in [7, 11) is 0. The molecule has 0 aliphatic carbocycles. The minimum atomic E-state index is 0.266. The Hall–Kier alpha value is -2.34. The highest BCUT2D eigenvalue weighted by atomic mass is 16.7. The van der Waals surface area contributed by atoms with Crippen molar-refractivity contribution in [1.29, 1.82) is 0 Å². The molecule has 3 unspecified atom stereocenters. The van der Waals surface area contributed by atoms with E-state index in [-0.39, 0.29) is 12.9 Å². The van der Waals surface area contributed by atoms with Crippen molar-refractivity contribution in [2.24, 2.45) is 5.92 Å². The first-order valence-electron chi connectivity index (χ1n) is 8.98. The third kappa shape index (κ3) is 2.91. The van der Waals surface area contributed by atoms with Crippen LogP contribution in [0.3, 0.4) is 0 Å². The number of hydrogen-bond acceptors (Lipinski definition) is 6. The first kappa shape index (κ1) is 15.0. The Morgan fingerprint density at radius 1 is 1.00 bits per heavy atom. The highest BCUT2D eigenvalue weighted by Crippen LogP contribution is 2.35. The summed E-state index contributed by atoms with van der Waals surface area (Å²) < 4.78 is 16.9. The summed E-state index contributed by atoms with van der Waals surface area (Å²) in [5.74, 6) is 2.77. The number of piperidine rings is 2. The quantitative estimate of drug-likeness (QED) is 0.857. The Morgan fingerprint density at radius 3 is 2.88 bits per heavy atom. The monoisotopic (exact) mass is 339 g/mol. The van der Waals surface area contributed by atoms with Gasteiger partial charge in [-0.2, -0.15) is 0 Å².